The Morgan fingerprint density at radius 3 is 2.87 bits per heavy atom. The molecule has 76 valence electrons. The Balaban J connectivity index is 2.46. The fourth-order valence-corrected chi connectivity index (χ4v) is 1.40. The molecule has 0 saturated carbocycles. The predicted molar refractivity (Wildman–Crippen MR) is 53.5 cm³/mol. The molecule has 8 heteroatoms. The van der Waals surface area contributed by atoms with Gasteiger partial charge in [-0.2, -0.15) is 5.10 Å². The monoisotopic (exact) mass is 269 g/mol. The van der Waals surface area contributed by atoms with Gasteiger partial charge >= 0.3 is 5.69 Å². The Bertz CT molecular complexity index is 512. The SMILES string of the molecule is O=[N+]([O-])c1cnn(-c2ncncc2Br)c1. The number of rotatable bonds is 2. The van der Waals surface area contributed by atoms with E-state index in [0.717, 1.165) is 6.20 Å². The molecular weight excluding hydrogens is 266 g/mol. The smallest absolute Gasteiger partial charge is 0.258 e. The molecule has 2 rings (SSSR count). The summed E-state index contributed by atoms with van der Waals surface area (Å²) in [4.78, 5) is 17.6. The molecule has 0 aliphatic rings. The fourth-order valence-electron chi connectivity index (χ4n) is 0.998. The summed E-state index contributed by atoms with van der Waals surface area (Å²) in [6.07, 6.45) is 5.32. The molecule has 0 spiro atoms. The van der Waals surface area contributed by atoms with Crippen LogP contribution in [0.3, 0.4) is 0 Å². The average Bonchev–Trinajstić information content (AvgIpc) is 2.67. The standard InChI is InChI=1S/C7H4BrN5O2/c8-6-2-9-4-10-7(6)12-3-5(1-11-12)13(14)15/h1-4H. The highest BCUT2D eigenvalue weighted by atomic mass is 79.9. The summed E-state index contributed by atoms with van der Waals surface area (Å²) in [5.74, 6) is 0.457. The Hall–Kier alpha value is -1.83. The van der Waals surface area contributed by atoms with Crippen LogP contribution in [0.5, 0.6) is 0 Å². The highest BCUT2D eigenvalue weighted by Gasteiger charge is 2.12. The van der Waals surface area contributed by atoms with Crippen LogP contribution in [0, 0.1) is 10.1 Å². The molecule has 2 aromatic rings. The van der Waals surface area contributed by atoms with Crippen molar-refractivity contribution in [2.45, 2.75) is 0 Å². The first kappa shape index (κ1) is 9.71. The van der Waals surface area contributed by atoms with Crippen molar-refractivity contribution >= 4 is 21.6 Å². The van der Waals surface area contributed by atoms with Crippen molar-refractivity contribution in [1.29, 1.82) is 0 Å². The van der Waals surface area contributed by atoms with Gasteiger partial charge in [0.2, 0.25) is 0 Å². The zero-order valence-corrected chi connectivity index (χ0v) is 8.83. The van der Waals surface area contributed by atoms with Gasteiger partial charge in [-0.1, -0.05) is 0 Å². The molecule has 15 heavy (non-hydrogen) atoms. The van der Waals surface area contributed by atoms with Gasteiger partial charge in [0, 0.05) is 6.20 Å². The lowest BCUT2D eigenvalue weighted by Gasteiger charge is -1.99. The molecule has 0 amide bonds. The number of aromatic nitrogens is 4. The van der Waals surface area contributed by atoms with E-state index >= 15 is 0 Å². The van der Waals surface area contributed by atoms with E-state index in [9.17, 15) is 10.1 Å². The van der Waals surface area contributed by atoms with Crippen LogP contribution in [0.1, 0.15) is 0 Å². The second-order valence-corrected chi connectivity index (χ2v) is 3.45. The first-order valence-corrected chi connectivity index (χ1v) is 4.62. The second kappa shape index (κ2) is 3.73. The Kier molecular flexibility index (Phi) is 2.42. The van der Waals surface area contributed by atoms with Crippen molar-refractivity contribution in [3.8, 4) is 5.82 Å². The minimum atomic E-state index is -0.515. The molecule has 0 aliphatic carbocycles. The van der Waals surface area contributed by atoms with E-state index < -0.39 is 4.92 Å². The molecular formula is C7H4BrN5O2. The highest BCUT2D eigenvalue weighted by molar-refractivity contribution is 9.10. The quantitative estimate of drug-likeness (QED) is 0.606. The Labute approximate surface area is 92.1 Å². The largest absolute Gasteiger partial charge is 0.307 e. The third kappa shape index (κ3) is 1.84. The van der Waals surface area contributed by atoms with Crippen LogP contribution in [0.2, 0.25) is 0 Å². The van der Waals surface area contributed by atoms with Gasteiger partial charge in [-0.3, -0.25) is 10.1 Å². The van der Waals surface area contributed by atoms with E-state index in [-0.39, 0.29) is 5.69 Å². The third-order valence-electron chi connectivity index (χ3n) is 1.64. The molecule has 0 bridgehead atoms. The predicted octanol–water partition coefficient (Wildman–Crippen LogP) is 1.33. The van der Waals surface area contributed by atoms with Gasteiger partial charge in [-0.25, -0.2) is 14.6 Å². The molecule has 0 saturated heterocycles. The lowest BCUT2D eigenvalue weighted by molar-refractivity contribution is -0.384. The molecule has 0 aromatic carbocycles. The third-order valence-corrected chi connectivity index (χ3v) is 2.20. The van der Waals surface area contributed by atoms with E-state index in [1.807, 2.05) is 0 Å². The molecule has 0 aliphatic heterocycles. The van der Waals surface area contributed by atoms with Gasteiger partial charge in [-0.05, 0) is 15.9 Å². The fraction of sp³-hybridized carbons (Fsp3) is 0. The molecule has 7 nitrogen and oxygen atoms in total. The normalized spacial score (nSPS) is 10.2. The van der Waals surface area contributed by atoms with Gasteiger partial charge in [0.25, 0.3) is 0 Å². The molecule has 0 radical (unpaired) electrons. The van der Waals surface area contributed by atoms with Crippen LogP contribution in [0.15, 0.2) is 29.4 Å². The Morgan fingerprint density at radius 2 is 2.27 bits per heavy atom. The van der Waals surface area contributed by atoms with E-state index in [0.29, 0.717) is 10.3 Å². The van der Waals surface area contributed by atoms with Gasteiger partial charge in [0.1, 0.15) is 18.7 Å². The minimum absolute atomic E-state index is 0.0829. The number of halogens is 1. The van der Waals surface area contributed by atoms with Crippen molar-refractivity contribution in [2.24, 2.45) is 0 Å². The summed E-state index contributed by atoms with van der Waals surface area (Å²) in [5.41, 5.74) is -0.0829. The zero-order chi connectivity index (χ0) is 10.8. The first-order valence-electron chi connectivity index (χ1n) is 3.83. The van der Waals surface area contributed by atoms with Crippen molar-refractivity contribution in [1.82, 2.24) is 19.7 Å². The number of hydrogen-bond acceptors (Lipinski definition) is 5. The van der Waals surface area contributed by atoms with Crippen LogP contribution in [-0.2, 0) is 0 Å². The van der Waals surface area contributed by atoms with Gasteiger partial charge in [-0.15, -0.1) is 0 Å². The number of nitrogens with zero attached hydrogens (tertiary/aromatic N) is 5. The molecule has 2 heterocycles. The second-order valence-electron chi connectivity index (χ2n) is 2.59. The number of hydrogen-bond donors (Lipinski definition) is 0. The molecule has 2 aromatic heterocycles. The first-order chi connectivity index (χ1) is 7.18. The number of nitro groups is 1. The van der Waals surface area contributed by atoms with Crippen molar-refractivity contribution in [3.63, 3.8) is 0 Å². The van der Waals surface area contributed by atoms with E-state index in [1.54, 1.807) is 0 Å². The summed E-state index contributed by atoms with van der Waals surface area (Å²) >= 11 is 3.22. The molecule has 0 fully saturated rings. The van der Waals surface area contributed by atoms with Gasteiger partial charge < -0.3 is 0 Å². The highest BCUT2D eigenvalue weighted by Crippen LogP contribution is 2.18. The topological polar surface area (TPSA) is 86.7 Å². The van der Waals surface area contributed by atoms with E-state index in [1.165, 1.54) is 23.4 Å². The lowest BCUT2D eigenvalue weighted by Crippen LogP contribution is -1.99. The maximum atomic E-state index is 10.4. The van der Waals surface area contributed by atoms with Crippen LogP contribution >= 0.6 is 15.9 Å². The van der Waals surface area contributed by atoms with E-state index in [4.69, 9.17) is 0 Å². The lowest BCUT2D eigenvalue weighted by atomic mass is 10.5. The minimum Gasteiger partial charge on any atom is -0.258 e. The zero-order valence-electron chi connectivity index (χ0n) is 7.24. The van der Waals surface area contributed by atoms with Crippen molar-refractivity contribution in [2.75, 3.05) is 0 Å². The van der Waals surface area contributed by atoms with Gasteiger partial charge in [0.05, 0.1) is 9.40 Å². The Morgan fingerprint density at radius 1 is 1.47 bits per heavy atom. The van der Waals surface area contributed by atoms with Crippen molar-refractivity contribution in [3.05, 3.63) is 39.5 Å². The summed E-state index contributed by atoms with van der Waals surface area (Å²) < 4.78 is 1.92. The molecule has 0 N–H and O–H groups in total. The van der Waals surface area contributed by atoms with E-state index in [2.05, 4.69) is 31.0 Å². The maximum Gasteiger partial charge on any atom is 0.307 e. The average molecular weight is 270 g/mol. The molecule has 0 unspecified atom stereocenters. The summed E-state index contributed by atoms with van der Waals surface area (Å²) in [7, 11) is 0. The molecule has 0 atom stereocenters. The maximum absolute atomic E-state index is 10.4. The summed E-state index contributed by atoms with van der Waals surface area (Å²) in [6, 6.07) is 0. The van der Waals surface area contributed by atoms with Crippen LogP contribution < -0.4 is 0 Å². The van der Waals surface area contributed by atoms with Gasteiger partial charge in [0.15, 0.2) is 5.82 Å². The van der Waals surface area contributed by atoms with Crippen molar-refractivity contribution < 1.29 is 4.92 Å². The van der Waals surface area contributed by atoms with Crippen LogP contribution in [-0.4, -0.2) is 24.7 Å². The summed E-state index contributed by atoms with van der Waals surface area (Å²) in [5, 5.41) is 14.3. The van der Waals surface area contributed by atoms with Crippen LogP contribution in [0.4, 0.5) is 5.69 Å². The van der Waals surface area contributed by atoms with Crippen LogP contribution in [0.25, 0.3) is 5.82 Å². The summed E-state index contributed by atoms with van der Waals surface area (Å²) in [6.45, 7) is 0.